The third kappa shape index (κ3) is 4.07. The summed E-state index contributed by atoms with van der Waals surface area (Å²) < 4.78 is 19.5. The fourth-order valence-corrected chi connectivity index (χ4v) is 3.02. The van der Waals surface area contributed by atoms with Crippen LogP contribution < -0.4 is 15.8 Å². The van der Waals surface area contributed by atoms with E-state index in [2.05, 4.69) is 5.32 Å². The Labute approximate surface area is 145 Å². The van der Waals surface area contributed by atoms with E-state index in [9.17, 15) is 14.0 Å². The van der Waals surface area contributed by atoms with Crippen LogP contribution in [-0.4, -0.2) is 18.0 Å². The number of nitrogens with two attached hydrogens (primary N) is 1. The van der Waals surface area contributed by atoms with Crippen LogP contribution in [0.3, 0.4) is 0 Å². The second kappa shape index (κ2) is 7.09. The number of allylic oxidation sites excluding steroid dienone is 2. The lowest BCUT2D eigenvalue weighted by atomic mass is 9.87. The molecule has 1 aromatic rings. The van der Waals surface area contributed by atoms with Crippen molar-refractivity contribution < 1.29 is 18.7 Å². The molecule has 2 aliphatic rings. The lowest BCUT2D eigenvalue weighted by Gasteiger charge is -2.25. The molecular formula is C19H21FN2O3. The Morgan fingerprint density at radius 3 is 2.72 bits per heavy atom. The summed E-state index contributed by atoms with van der Waals surface area (Å²) in [6.45, 7) is 1.93. The number of primary amides is 1. The van der Waals surface area contributed by atoms with Crippen molar-refractivity contribution in [2.75, 3.05) is 0 Å². The van der Waals surface area contributed by atoms with Crippen LogP contribution in [-0.2, 0) is 4.79 Å². The molecule has 0 heterocycles. The maximum atomic E-state index is 14.3. The Kier molecular flexibility index (Phi) is 4.88. The molecule has 0 bridgehead atoms. The summed E-state index contributed by atoms with van der Waals surface area (Å²) in [5.41, 5.74) is 6.68. The minimum Gasteiger partial charge on any atom is -0.410 e. The van der Waals surface area contributed by atoms with E-state index in [1.807, 2.05) is 6.92 Å². The van der Waals surface area contributed by atoms with Gasteiger partial charge in [0.1, 0.15) is 11.6 Å². The quantitative estimate of drug-likeness (QED) is 0.879. The standard InChI is InChI=1S/C19H21FN2O3/c1-11-7-12(9-13(8-11)18(21)23)16-10-15(5-6-17(16)20)25-19(24)22-14-3-2-4-14/h5-6,8-11,14H,2-4,7H2,1H3,(H2,21,23)(H,22,24). The van der Waals surface area contributed by atoms with Crippen molar-refractivity contribution in [3.05, 3.63) is 47.3 Å². The molecule has 1 fully saturated rings. The highest BCUT2D eigenvalue weighted by atomic mass is 19.1. The first kappa shape index (κ1) is 17.2. The van der Waals surface area contributed by atoms with Gasteiger partial charge in [-0.05, 0) is 61.4 Å². The van der Waals surface area contributed by atoms with Crippen molar-refractivity contribution in [2.24, 2.45) is 11.7 Å². The molecule has 1 saturated carbocycles. The second-order valence-corrected chi connectivity index (χ2v) is 6.64. The van der Waals surface area contributed by atoms with Gasteiger partial charge in [-0.3, -0.25) is 4.79 Å². The topological polar surface area (TPSA) is 81.4 Å². The van der Waals surface area contributed by atoms with Crippen molar-refractivity contribution >= 4 is 17.6 Å². The van der Waals surface area contributed by atoms with E-state index in [0.717, 1.165) is 19.3 Å². The van der Waals surface area contributed by atoms with Gasteiger partial charge in [-0.15, -0.1) is 0 Å². The molecular weight excluding hydrogens is 323 g/mol. The van der Waals surface area contributed by atoms with Gasteiger partial charge in [-0.1, -0.05) is 13.0 Å². The molecule has 3 rings (SSSR count). The number of nitrogens with one attached hydrogen (secondary N) is 1. The predicted molar refractivity (Wildman–Crippen MR) is 92.2 cm³/mol. The first-order valence-corrected chi connectivity index (χ1v) is 8.43. The van der Waals surface area contributed by atoms with Crippen molar-refractivity contribution in [1.29, 1.82) is 0 Å². The minimum absolute atomic E-state index is 0.0633. The fourth-order valence-electron chi connectivity index (χ4n) is 3.02. The Bertz CT molecular complexity index is 766. The van der Waals surface area contributed by atoms with Gasteiger partial charge in [-0.2, -0.15) is 0 Å². The molecule has 2 amide bonds. The molecule has 25 heavy (non-hydrogen) atoms. The van der Waals surface area contributed by atoms with Gasteiger partial charge in [0.15, 0.2) is 0 Å². The normalized spacial score (nSPS) is 20.2. The van der Waals surface area contributed by atoms with Gasteiger partial charge in [0.05, 0.1) is 0 Å². The number of amides is 2. The van der Waals surface area contributed by atoms with Crippen LogP contribution in [0.2, 0.25) is 0 Å². The van der Waals surface area contributed by atoms with E-state index in [4.69, 9.17) is 10.5 Å². The molecule has 0 aliphatic heterocycles. The summed E-state index contributed by atoms with van der Waals surface area (Å²) in [4.78, 5) is 23.3. The van der Waals surface area contributed by atoms with E-state index in [1.165, 1.54) is 18.2 Å². The van der Waals surface area contributed by atoms with E-state index < -0.39 is 17.8 Å². The number of hydrogen-bond acceptors (Lipinski definition) is 3. The van der Waals surface area contributed by atoms with Crippen LogP contribution in [0.4, 0.5) is 9.18 Å². The number of carbonyl (C=O) groups is 2. The molecule has 6 heteroatoms. The van der Waals surface area contributed by atoms with Gasteiger partial charge in [0.2, 0.25) is 5.91 Å². The highest BCUT2D eigenvalue weighted by molar-refractivity contribution is 5.97. The van der Waals surface area contributed by atoms with Crippen LogP contribution in [0.1, 0.15) is 38.2 Å². The maximum Gasteiger partial charge on any atom is 0.412 e. The number of carbonyl (C=O) groups excluding carboxylic acids is 2. The molecule has 3 N–H and O–H groups in total. The van der Waals surface area contributed by atoms with Gasteiger partial charge in [-0.25, -0.2) is 9.18 Å². The molecule has 132 valence electrons. The van der Waals surface area contributed by atoms with Crippen LogP contribution in [0.15, 0.2) is 35.9 Å². The highest BCUT2D eigenvalue weighted by Crippen LogP contribution is 2.33. The van der Waals surface area contributed by atoms with Gasteiger partial charge >= 0.3 is 6.09 Å². The van der Waals surface area contributed by atoms with Gasteiger partial charge in [0.25, 0.3) is 0 Å². The lowest BCUT2D eigenvalue weighted by Crippen LogP contribution is -2.41. The Hall–Kier alpha value is -2.63. The zero-order valence-electron chi connectivity index (χ0n) is 14.0. The molecule has 2 aliphatic carbocycles. The Morgan fingerprint density at radius 1 is 1.32 bits per heavy atom. The Balaban J connectivity index is 1.80. The molecule has 0 saturated heterocycles. The number of hydrogen-bond donors (Lipinski definition) is 2. The summed E-state index contributed by atoms with van der Waals surface area (Å²) in [6, 6.07) is 4.32. The number of ether oxygens (including phenoxy) is 1. The molecule has 1 aromatic carbocycles. The molecule has 1 unspecified atom stereocenters. The van der Waals surface area contributed by atoms with Gasteiger partial charge < -0.3 is 15.8 Å². The number of benzene rings is 1. The summed E-state index contributed by atoms with van der Waals surface area (Å²) in [5, 5.41) is 2.77. The van der Waals surface area contributed by atoms with Crippen molar-refractivity contribution in [3.63, 3.8) is 0 Å². The van der Waals surface area contributed by atoms with Crippen LogP contribution in [0.5, 0.6) is 5.75 Å². The smallest absolute Gasteiger partial charge is 0.410 e. The third-order valence-electron chi connectivity index (χ3n) is 4.54. The van der Waals surface area contributed by atoms with Crippen LogP contribution in [0, 0.1) is 11.7 Å². The van der Waals surface area contributed by atoms with Crippen molar-refractivity contribution in [3.8, 4) is 5.75 Å². The fraction of sp³-hybridized carbons (Fsp3) is 0.368. The van der Waals surface area contributed by atoms with E-state index in [0.29, 0.717) is 23.1 Å². The zero-order chi connectivity index (χ0) is 18.0. The van der Waals surface area contributed by atoms with Crippen LogP contribution >= 0.6 is 0 Å². The van der Waals surface area contributed by atoms with E-state index in [1.54, 1.807) is 12.2 Å². The average molecular weight is 344 g/mol. The number of halogens is 1. The first-order valence-electron chi connectivity index (χ1n) is 8.43. The largest absolute Gasteiger partial charge is 0.412 e. The van der Waals surface area contributed by atoms with Crippen molar-refractivity contribution in [2.45, 2.75) is 38.6 Å². The lowest BCUT2D eigenvalue weighted by molar-refractivity contribution is -0.114. The summed E-state index contributed by atoms with van der Waals surface area (Å²) in [7, 11) is 0. The summed E-state index contributed by atoms with van der Waals surface area (Å²) in [5.74, 6) is -0.655. The zero-order valence-corrected chi connectivity index (χ0v) is 14.0. The molecule has 5 nitrogen and oxygen atoms in total. The predicted octanol–water partition coefficient (Wildman–Crippen LogP) is 3.30. The highest BCUT2D eigenvalue weighted by Gasteiger charge is 2.22. The summed E-state index contributed by atoms with van der Waals surface area (Å²) >= 11 is 0. The molecule has 0 radical (unpaired) electrons. The first-order chi connectivity index (χ1) is 11.9. The minimum atomic E-state index is -0.545. The SMILES string of the molecule is CC1C=C(C(N)=O)C=C(c2cc(OC(=O)NC3CCC3)ccc2F)C1. The van der Waals surface area contributed by atoms with Gasteiger partial charge in [0, 0.05) is 17.2 Å². The Morgan fingerprint density at radius 2 is 2.08 bits per heavy atom. The molecule has 0 aromatic heterocycles. The monoisotopic (exact) mass is 344 g/mol. The molecule has 0 spiro atoms. The average Bonchev–Trinajstić information content (AvgIpc) is 2.52. The number of rotatable bonds is 4. The van der Waals surface area contributed by atoms with E-state index in [-0.39, 0.29) is 17.7 Å². The molecule has 1 atom stereocenters. The van der Waals surface area contributed by atoms with Crippen molar-refractivity contribution in [1.82, 2.24) is 5.32 Å². The van der Waals surface area contributed by atoms with E-state index >= 15 is 0 Å². The maximum absolute atomic E-state index is 14.3. The van der Waals surface area contributed by atoms with Crippen LogP contribution in [0.25, 0.3) is 5.57 Å². The third-order valence-corrected chi connectivity index (χ3v) is 4.54. The second-order valence-electron chi connectivity index (χ2n) is 6.64. The summed E-state index contributed by atoms with van der Waals surface area (Å²) in [6.07, 6.45) is 6.42.